The van der Waals surface area contributed by atoms with E-state index in [-0.39, 0.29) is 25.5 Å². The Kier molecular flexibility index (Phi) is 7.95. The van der Waals surface area contributed by atoms with Crippen LogP contribution in [-0.2, 0) is 11.2 Å². The van der Waals surface area contributed by atoms with Gasteiger partial charge in [-0.05, 0) is 54.8 Å². The summed E-state index contributed by atoms with van der Waals surface area (Å²) in [4.78, 5) is 12.1. The second kappa shape index (κ2) is 10.4. The third-order valence-corrected chi connectivity index (χ3v) is 4.08. The molecule has 6 nitrogen and oxygen atoms in total. The Bertz CT molecular complexity index is 747. The number of nitrogens with one attached hydrogen (secondary N) is 1. The summed E-state index contributed by atoms with van der Waals surface area (Å²) < 4.78 is 16.1. The van der Waals surface area contributed by atoms with E-state index in [2.05, 4.69) is 5.32 Å². The second-order valence-electron chi connectivity index (χ2n) is 6.26. The summed E-state index contributed by atoms with van der Waals surface area (Å²) in [6.45, 7) is 2.23. The minimum Gasteiger partial charge on any atom is -0.497 e. The molecule has 0 spiro atoms. The molecule has 2 aromatic carbocycles. The van der Waals surface area contributed by atoms with Gasteiger partial charge in [-0.2, -0.15) is 0 Å². The fraction of sp³-hybridized carbons (Fsp3) is 0.381. The first-order chi connectivity index (χ1) is 13.0. The van der Waals surface area contributed by atoms with Gasteiger partial charge in [0.1, 0.15) is 30.0 Å². The zero-order valence-corrected chi connectivity index (χ0v) is 16.0. The van der Waals surface area contributed by atoms with Crippen molar-refractivity contribution in [2.24, 2.45) is 0 Å². The summed E-state index contributed by atoms with van der Waals surface area (Å²) in [6, 6.07) is 13.1. The first-order valence-corrected chi connectivity index (χ1v) is 8.87. The molecule has 0 radical (unpaired) electrons. The maximum absolute atomic E-state index is 12.1. The monoisotopic (exact) mass is 373 g/mol. The zero-order chi connectivity index (χ0) is 19.6. The Morgan fingerprint density at radius 3 is 2.63 bits per heavy atom. The topological polar surface area (TPSA) is 77.0 Å². The van der Waals surface area contributed by atoms with Gasteiger partial charge in [-0.25, -0.2) is 0 Å². The number of carbonyl (C=O) groups excluding carboxylic acids is 1. The third kappa shape index (κ3) is 6.83. The first kappa shape index (κ1) is 20.6. The summed E-state index contributed by atoms with van der Waals surface area (Å²) in [7, 11) is 3.19. The molecular weight excluding hydrogens is 346 g/mol. The maximum atomic E-state index is 12.1. The fourth-order valence-corrected chi connectivity index (χ4v) is 2.60. The number of ether oxygens (including phenoxy) is 3. The van der Waals surface area contributed by atoms with E-state index in [1.165, 1.54) is 0 Å². The predicted octanol–water partition coefficient (Wildman–Crippen LogP) is 2.50. The molecule has 0 saturated carbocycles. The summed E-state index contributed by atoms with van der Waals surface area (Å²) in [5, 5.41) is 12.7. The molecule has 2 aromatic rings. The van der Waals surface area contributed by atoms with Gasteiger partial charge in [0.2, 0.25) is 5.91 Å². The van der Waals surface area contributed by atoms with Gasteiger partial charge in [0.05, 0.1) is 14.2 Å². The molecule has 0 saturated heterocycles. The number of carbonyl (C=O) groups is 1. The van der Waals surface area contributed by atoms with Crippen LogP contribution >= 0.6 is 0 Å². The number of rotatable bonds is 10. The molecule has 0 heterocycles. The van der Waals surface area contributed by atoms with E-state index in [0.29, 0.717) is 12.2 Å². The highest BCUT2D eigenvalue weighted by atomic mass is 16.5. The van der Waals surface area contributed by atoms with Crippen LogP contribution in [0.15, 0.2) is 42.5 Å². The highest BCUT2D eigenvalue weighted by Gasteiger charge is 2.11. The van der Waals surface area contributed by atoms with Gasteiger partial charge in [-0.15, -0.1) is 0 Å². The molecule has 2 N–H and O–H groups in total. The van der Waals surface area contributed by atoms with Gasteiger partial charge in [0, 0.05) is 13.0 Å². The van der Waals surface area contributed by atoms with Crippen LogP contribution in [0.5, 0.6) is 17.2 Å². The van der Waals surface area contributed by atoms with E-state index in [9.17, 15) is 9.90 Å². The van der Waals surface area contributed by atoms with E-state index in [1.807, 2.05) is 49.4 Å². The van der Waals surface area contributed by atoms with Crippen molar-refractivity contribution in [3.63, 3.8) is 0 Å². The number of benzene rings is 2. The van der Waals surface area contributed by atoms with Crippen LogP contribution in [-0.4, -0.2) is 44.5 Å². The molecule has 0 aliphatic heterocycles. The number of aliphatic hydroxyl groups is 1. The number of hydrogen-bond acceptors (Lipinski definition) is 5. The predicted molar refractivity (Wildman–Crippen MR) is 104 cm³/mol. The highest BCUT2D eigenvalue weighted by Crippen LogP contribution is 2.25. The van der Waals surface area contributed by atoms with E-state index in [4.69, 9.17) is 14.2 Å². The van der Waals surface area contributed by atoms with E-state index in [0.717, 1.165) is 22.6 Å². The lowest BCUT2D eigenvalue weighted by Crippen LogP contribution is -2.35. The van der Waals surface area contributed by atoms with Crippen molar-refractivity contribution in [1.29, 1.82) is 0 Å². The molecule has 0 aromatic heterocycles. The van der Waals surface area contributed by atoms with Gasteiger partial charge < -0.3 is 24.6 Å². The second-order valence-corrected chi connectivity index (χ2v) is 6.26. The molecule has 0 aliphatic carbocycles. The number of aliphatic hydroxyl groups excluding tert-OH is 1. The van der Waals surface area contributed by atoms with Crippen molar-refractivity contribution >= 4 is 5.91 Å². The SMILES string of the molecule is COc1ccc(OC)c(CCC(=O)NCC(O)COc2cccc(C)c2)c1. The Balaban J connectivity index is 1.74. The van der Waals surface area contributed by atoms with Crippen LogP contribution in [0, 0.1) is 6.92 Å². The lowest BCUT2D eigenvalue weighted by atomic mass is 10.1. The normalized spacial score (nSPS) is 11.6. The van der Waals surface area contributed by atoms with Crippen LogP contribution in [0.25, 0.3) is 0 Å². The van der Waals surface area contributed by atoms with Crippen molar-refractivity contribution in [3.05, 3.63) is 53.6 Å². The van der Waals surface area contributed by atoms with E-state index in [1.54, 1.807) is 14.2 Å². The summed E-state index contributed by atoms with van der Waals surface area (Å²) >= 11 is 0. The number of methoxy groups -OCH3 is 2. The van der Waals surface area contributed by atoms with Crippen LogP contribution < -0.4 is 19.5 Å². The third-order valence-electron chi connectivity index (χ3n) is 4.08. The van der Waals surface area contributed by atoms with Gasteiger partial charge in [-0.3, -0.25) is 4.79 Å². The van der Waals surface area contributed by atoms with Crippen molar-refractivity contribution in [2.45, 2.75) is 25.9 Å². The van der Waals surface area contributed by atoms with E-state index >= 15 is 0 Å². The minimum atomic E-state index is -0.777. The van der Waals surface area contributed by atoms with Crippen molar-refractivity contribution < 1.29 is 24.1 Å². The number of hydrogen-bond donors (Lipinski definition) is 2. The smallest absolute Gasteiger partial charge is 0.220 e. The standard InChI is InChI=1S/C21H27NO5/c1-15-5-4-6-19(11-15)27-14-17(23)13-22-21(24)10-7-16-12-18(25-2)8-9-20(16)26-3/h4-6,8-9,11-12,17,23H,7,10,13-14H2,1-3H3,(H,22,24). The average molecular weight is 373 g/mol. The molecule has 0 fully saturated rings. The zero-order valence-electron chi connectivity index (χ0n) is 16.0. The molecule has 6 heteroatoms. The lowest BCUT2D eigenvalue weighted by Gasteiger charge is -2.14. The Morgan fingerprint density at radius 2 is 1.93 bits per heavy atom. The largest absolute Gasteiger partial charge is 0.497 e. The van der Waals surface area contributed by atoms with Crippen LogP contribution in [0.2, 0.25) is 0 Å². The van der Waals surface area contributed by atoms with Gasteiger partial charge in [-0.1, -0.05) is 12.1 Å². The van der Waals surface area contributed by atoms with Crippen LogP contribution in [0.1, 0.15) is 17.5 Å². The lowest BCUT2D eigenvalue weighted by molar-refractivity contribution is -0.121. The summed E-state index contributed by atoms with van der Waals surface area (Å²) in [6.07, 6.45) is 0.0256. The summed E-state index contributed by atoms with van der Waals surface area (Å²) in [5.74, 6) is 1.99. The first-order valence-electron chi connectivity index (χ1n) is 8.87. The minimum absolute atomic E-state index is 0.118. The van der Waals surface area contributed by atoms with Gasteiger partial charge >= 0.3 is 0 Å². The molecule has 1 atom stereocenters. The van der Waals surface area contributed by atoms with Crippen LogP contribution in [0.3, 0.4) is 0 Å². The average Bonchev–Trinajstić information content (AvgIpc) is 2.68. The molecule has 0 bridgehead atoms. The molecule has 1 amide bonds. The van der Waals surface area contributed by atoms with Gasteiger partial charge in [0.25, 0.3) is 0 Å². The number of amides is 1. The Morgan fingerprint density at radius 1 is 1.11 bits per heavy atom. The van der Waals surface area contributed by atoms with Crippen molar-refractivity contribution in [2.75, 3.05) is 27.4 Å². The quantitative estimate of drug-likeness (QED) is 0.669. The van der Waals surface area contributed by atoms with Gasteiger partial charge in [0.15, 0.2) is 0 Å². The van der Waals surface area contributed by atoms with Crippen molar-refractivity contribution in [3.8, 4) is 17.2 Å². The molecular formula is C21H27NO5. The Hall–Kier alpha value is -2.73. The van der Waals surface area contributed by atoms with Crippen molar-refractivity contribution in [1.82, 2.24) is 5.32 Å². The highest BCUT2D eigenvalue weighted by molar-refractivity contribution is 5.76. The van der Waals surface area contributed by atoms with E-state index < -0.39 is 6.10 Å². The fourth-order valence-electron chi connectivity index (χ4n) is 2.60. The molecule has 27 heavy (non-hydrogen) atoms. The maximum Gasteiger partial charge on any atom is 0.220 e. The Labute approximate surface area is 160 Å². The number of aryl methyl sites for hydroxylation is 2. The molecule has 2 rings (SSSR count). The molecule has 0 aliphatic rings. The summed E-state index contributed by atoms with van der Waals surface area (Å²) in [5.41, 5.74) is 1.98. The molecule has 1 unspecified atom stereocenters. The van der Waals surface area contributed by atoms with Crippen LogP contribution in [0.4, 0.5) is 0 Å². The molecule has 146 valence electrons.